The van der Waals surface area contributed by atoms with Crippen LogP contribution in [0, 0.1) is 28.4 Å². The minimum atomic E-state index is -1.21. The Morgan fingerprint density at radius 2 is 1.94 bits per heavy atom. The van der Waals surface area contributed by atoms with E-state index in [-0.39, 0.29) is 55.5 Å². The van der Waals surface area contributed by atoms with E-state index in [1.807, 2.05) is 24.3 Å². The zero-order chi connectivity index (χ0) is 33.9. The Morgan fingerprint density at radius 1 is 1.17 bits per heavy atom. The van der Waals surface area contributed by atoms with E-state index >= 15 is 0 Å². The van der Waals surface area contributed by atoms with Gasteiger partial charge in [0.25, 0.3) is 0 Å². The molecule has 1 amide bonds. The van der Waals surface area contributed by atoms with Crippen LogP contribution in [0.25, 0.3) is 11.4 Å². The molecule has 2 atom stereocenters. The molecule has 0 bridgehead atoms. The summed E-state index contributed by atoms with van der Waals surface area (Å²) in [6.45, 7) is 7.53. The number of fused-ring (bicyclic) bond motifs is 1. The van der Waals surface area contributed by atoms with Gasteiger partial charge in [-0.2, -0.15) is 5.26 Å². The fourth-order valence-corrected chi connectivity index (χ4v) is 6.62. The number of nitrogens with zero attached hydrogens (tertiary/aromatic N) is 7. The Balaban J connectivity index is 1.67. The van der Waals surface area contributed by atoms with Crippen LogP contribution in [0.5, 0.6) is 0 Å². The van der Waals surface area contributed by atoms with E-state index in [2.05, 4.69) is 11.1 Å². The van der Waals surface area contributed by atoms with E-state index in [0.29, 0.717) is 24.1 Å². The Morgan fingerprint density at radius 3 is 2.62 bits per heavy atom. The van der Waals surface area contributed by atoms with Gasteiger partial charge < -0.3 is 19.3 Å². The standard InChI is InChI=1S/C34H39N7O6/c1-22-25(12-9-17-36-22)29-37-27(20-34(31(42)46-5)15-8-11-23-10-6-7-13-26(23)34)28(41(44)45)30(38-29)39-18-19-40(24(21-39)14-16-35)32(43)47-33(2,3)4/h6-7,9-10,12-13,17,24H,8,11,14-15,18-21H2,1-5H3/t24-,34?/m0/s1. The van der Waals surface area contributed by atoms with Crippen LogP contribution in [0.1, 0.15) is 62.5 Å². The van der Waals surface area contributed by atoms with Crippen molar-refractivity contribution in [3.05, 3.63) is 75.2 Å². The second kappa shape index (κ2) is 13.3. The van der Waals surface area contributed by atoms with E-state index < -0.39 is 34.0 Å². The Hall–Kier alpha value is -5.12. The highest BCUT2D eigenvalue weighted by atomic mass is 16.6. The first kappa shape index (κ1) is 33.2. The largest absolute Gasteiger partial charge is 0.468 e. The second-order valence-electron chi connectivity index (χ2n) is 13.0. The number of aryl methyl sites for hydroxylation is 2. The Labute approximate surface area is 273 Å². The molecule has 3 heterocycles. The van der Waals surface area contributed by atoms with Crippen molar-refractivity contribution in [3.8, 4) is 17.5 Å². The predicted molar refractivity (Wildman–Crippen MR) is 173 cm³/mol. The number of esters is 1. The van der Waals surface area contributed by atoms with Crippen molar-refractivity contribution >= 4 is 23.6 Å². The van der Waals surface area contributed by atoms with Crippen molar-refractivity contribution in [1.29, 1.82) is 5.26 Å². The number of rotatable bonds is 7. The zero-order valence-corrected chi connectivity index (χ0v) is 27.4. The van der Waals surface area contributed by atoms with Crippen molar-refractivity contribution in [2.45, 2.75) is 76.9 Å². The van der Waals surface area contributed by atoms with Gasteiger partial charge in [0.15, 0.2) is 5.82 Å². The number of methoxy groups -OCH3 is 1. The molecular weight excluding hydrogens is 602 g/mol. The molecule has 0 spiro atoms. The number of amides is 1. The van der Waals surface area contributed by atoms with Crippen LogP contribution in [-0.4, -0.2) is 75.2 Å². The highest BCUT2D eigenvalue weighted by Gasteiger charge is 2.47. The van der Waals surface area contributed by atoms with Gasteiger partial charge in [-0.15, -0.1) is 0 Å². The average Bonchev–Trinajstić information content (AvgIpc) is 3.03. The zero-order valence-electron chi connectivity index (χ0n) is 27.4. The molecule has 1 fully saturated rings. The van der Waals surface area contributed by atoms with Gasteiger partial charge in [-0.25, -0.2) is 14.8 Å². The van der Waals surface area contributed by atoms with Crippen LogP contribution < -0.4 is 4.90 Å². The first-order valence-electron chi connectivity index (χ1n) is 15.6. The van der Waals surface area contributed by atoms with E-state index in [9.17, 15) is 25.0 Å². The third kappa shape index (κ3) is 6.72. The van der Waals surface area contributed by atoms with Gasteiger partial charge in [0.05, 0.1) is 36.0 Å². The summed E-state index contributed by atoms with van der Waals surface area (Å²) >= 11 is 0. The van der Waals surface area contributed by atoms with Gasteiger partial charge >= 0.3 is 17.7 Å². The average molecular weight is 642 g/mol. The minimum absolute atomic E-state index is 0.0156. The maximum absolute atomic E-state index is 13.7. The summed E-state index contributed by atoms with van der Waals surface area (Å²) in [6, 6.07) is 12.7. The molecule has 0 N–H and O–H groups in total. The lowest BCUT2D eigenvalue weighted by molar-refractivity contribution is -0.385. The molecule has 1 saturated heterocycles. The van der Waals surface area contributed by atoms with Crippen LogP contribution in [0.15, 0.2) is 42.6 Å². The maximum atomic E-state index is 13.7. The van der Waals surface area contributed by atoms with Gasteiger partial charge in [-0.05, 0) is 70.2 Å². The monoisotopic (exact) mass is 641 g/mol. The fraction of sp³-hybridized carbons (Fsp3) is 0.471. The lowest BCUT2D eigenvalue weighted by Gasteiger charge is -2.41. The van der Waals surface area contributed by atoms with Crippen molar-refractivity contribution < 1.29 is 24.0 Å². The number of hydrogen-bond donors (Lipinski definition) is 0. The van der Waals surface area contributed by atoms with Crippen LogP contribution >= 0.6 is 0 Å². The number of anilines is 1. The van der Waals surface area contributed by atoms with Gasteiger partial charge in [0, 0.05) is 43.5 Å². The fourth-order valence-electron chi connectivity index (χ4n) is 6.62. The summed E-state index contributed by atoms with van der Waals surface area (Å²) in [5.74, 6) is -0.214. The third-order valence-corrected chi connectivity index (χ3v) is 8.73. The summed E-state index contributed by atoms with van der Waals surface area (Å²) in [5, 5.41) is 22.7. The number of nitriles is 1. The predicted octanol–water partition coefficient (Wildman–Crippen LogP) is 5.08. The molecule has 2 aliphatic rings. The van der Waals surface area contributed by atoms with Gasteiger partial charge in [0.2, 0.25) is 5.82 Å². The number of aromatic nitrogens is 3. The van der Waals surface area contributed by atoms with Crippen LogP contribution in [0.2, 0.25) is 0 Å². The summed E-state index contributed by atoms with van der Waals surface area (Å²) in [5.41, 5.74) is 0.780. The topological polar surface area (TPSA) is 165 Å². The first-order valence-corrected chi connectivity index (χ1v) is 15.6. The smallest absolute Gasteiger partial charge is 0.410 e. The van der Waals surface area contributed by atoms with Gasteiger partial charge in [-0.3, -0.25) is 19.9 Å². The molecule has 3 aromatic rings. The molecule has 0 radical (unpaired) electrons. The summed E-state index contributed by atoms with van der Waals surface area (Å²) in [6.07, 6.45) is 2.86. The quantitative estimate of drug-likeness (QED) is 0.192. The molecule has 246 valence electrons. The molecule has 0 saturated carbocycles. The van der Waals surface area contributed by atoms with Crippen LogP contribution in [0.3, 0.4) is 0 Å². The van der Waals surface area contributed by atoms with E-state index in [0.717, 1.165) is 17.5 Å². The molecular formula is C34H39N7O6. The Kier molecular flexibility index (Phi) is 9.42. The summed E-state index contributed by atoms with van der Waals surface area (Å²) in [7, 11) is 1.32. The lowest BCUT2D eigenvalue weighted by atomic mass is 9.67. The van der Waals surface area contributed by atoms with Crippen LogP contribution in [0.4, 0.5) is 16.3 Å². The number of hydrogen-bond acceptors (Lipinski definition) is 11. The molecule has 1 aromatic carbocycles. The number of carbonyl (C=O) groups excluding carboxylic acids is 2. The SMILES string of the molecule is COC(=O)C1(Cc2nc(-c3cccnc3C)nc(N3CCN(C(=O)OC(C)(C)C)[C@@H](CC#N)C3)c2[N+](=O)[O-])CCCc2ccccc21. The van der Waals surface area contributed by atoms with Crippen molar-refractivity contribution in [2.75, 3.05) is 31.6 Å². The molecule has 1 unspecified atom stereocenters. The molecule has 1 aliphatic carbocycles. The number of piperazine rings is 1. The van der Waals surface area contributed by atoms with Crippen molar-refractivity contribution in [1.82, 2.24) is 19.9 Å². The van der Waals surface area contributed by atoms with E-state index in [1.54, 1.807) is 50.9 Å². The molecule has 1 aliphatic heterocycles. The lowest BCUT2D eigenvalue weighted by Crippen LogP contribution is -2.56. The number of pyridine rings is 1. The second-order valence-corrected chi connectivity index (χ2v) is 13.0. The number of benzene rings is 1. The minimum Gasteiger partial charge on any atom is -0.468 e. The van der Waals surface area contributed by atoms with Crippen LogP contribution in [-0.2, 0) is 32.5 Å². The normalized spacial score (nSPS) is 19.4. The molecule has 2 aromatic heterocycles. The van der Waals surface area contributed by atoms with E-state index in [4.69, 9.17) is 19.4 Å². The van der Waals surface area contributed by atoms with Crippen molar-refractivity contribution in [3.63, 3.8) is 0 Å². The van der Waals surface area contributed by atoms with E-state index in [1.165, 1.54) is 12.0 Å². The highest BCUT2D eigenvalue weighted by molar-refractivity contribution is 5.85. The number of nitro groups is 1. The van der Waals surface area contributed by atoms with Crippen molar-refractivity contribution in [2.24, 2.45) is 0 Å². The molecule has 5 rings (SSSR count). The Bertz CT molecular complexity index is 1730. The summed E-state index contributed by atoms with van der Waals surface area (Å²) < 4.78 is 11.0. The first-order chi connectivity index (χ1) is 22.4. The highest BCUT2D eigenvalue weighted by Crippen LogP contribution is 2.44. The third-order valence-electron chi connectivity index (χ3n) is 8.73. The maximum Gasteiger partial charge on any atom is 0.410 e. The number of ether oxygens (including phenoxy) is 2. The van der Waals surface area contributed by atoms with Gasteiger partial charge in [0.1, 0.15) is 11.3 Å². The molecule has 13 heteroatoms. The molecule has 47 heavy (non-hydrogen) atoms. The van der Waals surface area contributed by atoms with Gasteiger partial charge in [-0.1, -0.05) is 24.3 Å². The molecule has 13 nitrogen and oxygen atoms in total. The summed E-state index contributed by atoms with van der Waals surface area (Å²) in [4.78, 5) is 56.4. The number of carbonyl (C=O) groups is 2.